The number of furan rings is 1. The zero-order valence-electron chi connectivity index (χ0n) is 9.76. The molecule has 0 aliphatic carbocycles. The Hall–Kier alpha value is -1.47. The smallest absolute Gasteiger partial charge is 0.331 e. The minimum atomic E-state index is -1.34. The van der Waals surface area contributed by atoms with Crippen LogP contribution in [0.1, 0.15) is 17.0 Å². The molecule has 6 nitrogen and oxygen atoms in total. The van der Waals surface area contributed by atoms with Gasteiger partial charge >= 0.3 is 5.97 Å². The Kier molecular flexibility index (Phi) is 3.63. The fraction of sp³-hybridized carbons (Fsp3) is 0.455. The van der Waals surface area contributed by atoms with E-state index in [2.05, 4.69) is 5.32 Å². The fourth-order valence-electron chi connectivity index (χ4n) is 1.72. The van der Waals surface area contributed by atoms with Crippen LogP contribution in [0.15, 0.2) is 21.6 Å². The van der Waals surface area contributed by atoms with Crippen LogP contribution in [0.2, 0.25) is 0 Å². The summed E-state index contributed by atoms with van der Waals surface area (Å²) >= 11 is 1.37. The second kappa shape index (κ2) is 5.03. The molecule has 2 heterocycles. The molecule has 98 valence electrons. The van der Waals surface area contributed by atoms with Crippen molar-refractivity contribution in [3.63, 3.8) is 0 Å². The van der Waals surface area contributed by atoms with E-state index in [-0.39, 0.29) is 18.8 Å². The SMILES string of the molecule is CSc1ccc(C(=O)NC2(C(=O)O)CCOC2)o1. The van der Waals surface area contributed by atoms with Gasteiger partial charge in [-0.25, -0.2) is 4.79 Å². The van der Waals surface area contributed by atoms with Crippen molar-refractivity contribution >= 4 is 23.6 Å². The molecule has 1 amide bonds. The third kappa shape index (κ3) is 2.37. The number of thioether (sulfide) groups is 1. The first-order chi connectivity index (χ1) is 8.57. The number of hydrogen-bond acceptors (Lipinski definition) is 5. The highest BCUT2D eigenvalue weighted by atomic mass is 32.2. The van der Waals surface area contributed by atoms with Gasteiger partial charge in [0.2, 0.25) is 0 Å². The Morgan fingerprint density at radius 1 is 1.50 bits per heavy atom. The van der Waals surface area contributed by atoms with Crippen molar-refractivity contribution < 1.29 is 23.8 Å². The van der Waals surface area contributed by atoms with Crippen LogP contribution in [0, 0.1) is 0 Å². The van der Waals surface area contributed by atoms with Gasteiger partial charge in [0.25, 0.3) is 5.91 Å². The Balaban J connectivity index is 2.12. The lowest BCUT2D eigenvalue weighted by atomic mass is 9.99. The van der Waals surface area contributed by atoms with E-state index >= 15 is 0 Å². The average Bonchev–Trinajstić information content (AvgIpc) is 2.97. The maximum atomic E-state index is 11.9. The standard InChI is InChI=1S/C11H13NO5S/c1-18-8-3-2-7(17-8)9(13)12-11(10(14)15)4-5-16-6-11/h2-3H,4-6H2,1H3,(H,12,13)(H,14,15). The summed E-state index contributed by atoms with van der Waals surface area (Å²) in [5.41, 5.74) is -1.34. The van der Waals surface area contributed by atoms with Gasteiger partial charge in [-0.15, -0.1) is 0 Å². The van der Waals surface area contributed by atoms with E-state index in [9.17, 15) is 14.7 Å². The molecule has 0 saturated carbocycles. The van der Waals surface area contributed by atoms with E-state index in [1.807, 2.05) is 6.26 Å². The first kappa shape index (κ1) is 13.0. The molecular weight excluding hydrogens is 258 g/mol. The number of aliphatic carboxylic acids is 1. The van der Waals surface area contributed by atoms with Crippen LogP contribution < -0.4 is 5.32 Å². The van der Waals surface area contributed by atoms with Gasteiger partial charge in [0.05, 0.1) is 6.61 Å². The van der Waals surface area contributed by atoms with Gasteiger partial charge in [0.15, 0.2) is 16.4 Å². The number of carboxylic acids is 1. The van der Waals surface area contributed by atoms with Crippen LogP contribution in [-0.2, 0) is 9.53 Å². The monoisotopic (exact) mass is 271 g/mol. The van der Waals surface area contributed by atoms with Crippen molar-refractivity contribution in [2.75, 3.05) is 19.5 Å². The van der Waals surface area contributed by atoms with Gasteiger partial charge < -0.3 is 19.6 Å². The molecule has 0 aromatic carbocycles. The number of hydrogen-bond donors (Lipinski definition) is 2. The summed E-state index contributed by atoms with van der Waals surface area (Å²) in [5, 5.41) is 12.3. The summed E-state index contributed by atoms with van der Waals surface area (Å²) in [6, 6.07) is 3.19. The van der Waals surface area contributed by atoms with Gasteiger partial charge in [0.1, 0.15) is 0 Å². The highest BCUT2D eigenvalue weighted by Gasteiger charge is 2.44. The van der Waals surface area contributed by atoms with Crippen molar-refractivity contribution in [2.24, 2.45) is 0 Å². The molecular formula is C11H13NO5S. The molecule has 1 unspecified atom stereocenters. The predicted molar refractivity (Wildman–Crippen MR) is 63.8 cm³/mol. The summed E-state index contributed by atoms with van der Waals surface area (Å²) in [7, 11) is 0. The summed E-state index contributed by atoms with van der Waals surface area (Å²) in [6.07, 6.45) is 2.08. The van der Waals surface area contributed by atoms with Crippen LogP contribution in [0.4, 0.5) is 0 Å². The highest BCUT2D eigenvalue weighted by molar-refractivity contribution is 7.98. The first-order valence-electron chi connectivity index (χ1n) is 5.35. The summed E-state index contributed by atoms with van der Waals surface area (Å²) in [6.45, 7) is 0.297. The Bertz CT molecular complexity index is 464. The second-order valence-electron chi connectivity index (χ2n) is 3.97. The van der Waals surface area contributed by atoms with Crippen molar-refractivity contribution in [2.45, 2.75) is 17.1 Å². The van der Waals surface area contributed by atoms with Gasteiger partial charge in [-0.05, 0) is 18.4 Å². The van der Waals surface area contributed by atoms with Crippen LogP contribution in [-0.4, -0.2) is 42.0 Å². The normalized spacial score (nSPS) is 22.9. The molecule has 1 saturated heterocycles. The van der Waals surface area contributed by atoms with Crippen molar-refractivity contribution in [3.8, 4) is 0 Å². The van der Waals surface area contributed by atoms with Crippen molar-refractivity contribution in [1.29, 1.82) is 0 Å². The molecule has 7 heteroatoms. The molecule has 1 aliphatic heterocycles. The fourth-order valence-corrected chi connectivity index (χ4v) is 2.09. The van der Waals surface area contributed by atoms with E-state index in [1.165, 1.54) is 17.8 Å². The average molecular weight is 271 g/mol. The largest absolute Gasteiger partial charge is 0.479 e. The van der Waals surface area contributed by atoms with Crippen molar-refractivity contribution in [1.82, 2.24) is 5.32 Å². The molecule has 0 bridgehead atoms. The summed E-state index contributed by atoms with van der Waals surface area (Å²) < 4.78 is 10.3. The minimum Gasteiger partial charge on any atom is -0.479 e. The zero-order valence-corrected chi connectivity index (χ0v) is 10.6. The van der Waals surface area contributed by atoms with E-state index in [4.69, 9.17) is 9.15 Å². The number of carbonyl (C=O) groups excluding carboxylic acids is 1. The topological polar surface area (TPSA) is 88.8 Å². The molecule has 2 rings (SSSR count). The zero-order chi connectivity index (χ0) is 13.2. The predicted octanol–water partition coefficient (Wildman–Crippen LogP) is 0.975. The van der Waals surface area contributed by atoms with E-state index in [0.717, 1.165) is 0 Å². The van der Waals surface area contributed by atoms with E-state index in [1.54, 1.807) is 6.07 Å². The van der Waals surface area contributed by atoms with Crippen molar-refractivity contribution in [3.05, 3.63) is 17.9 Å². The van der Waals surface area contributed by atoms with Crippen LogP contribution in [0.3, 0.4) is 0 Å². The molecule has 1 aromatic heterocycles. The third-order valence-corrected chi connectivity index (χ3v) is 3.41. The number of ether oxygens (including phenoxy) is 1. The maximum Gasteiger partial charge on any atom is 0.331 e. The lowest BCUT2D eigenvalue weighted by molar-refractivity contribution is -0.144. The van der Waals surface area contributed by atoms with Crippen LogP contribution in [0.25, 0.3) is 0 Å². The molecule has 18 heavy (non-hydrogen) atoms. The molecule has 0 radical (unpaired) electrons. The van der Waals surface area contributed by atoms with E-state index < -0.39 is 17.4 Å². The van der Waals surface area contributed by atoms with Gasteiger partial charge in [-0.1, -0.05) is 11.8 Å². The molecule has 1 atom stereocenters. The number of carboxylic acid groups (broad SMARTS) is 1. The lowest BCUT2D eigenvalue weighted by Crippen LogP contribution is -2.55. The van der Waals surface area contributed by atoms with E-state index in [0.29, 0.717) is 11.7 Å². The molecule has 1 fully saturated rings. The Morgan fingerprint density at radius 2 is 2.28 bits per heavy atom. The molecule has 0 spiro atoms. The Labute approximate surface area is 108 Å². The number of nitrogens with one attached hydrogen (secondary N) is 1. The quantitative estimate of drug-likeness (QED) is 0.793. The lowest BCUT2D eigenvalue weighted by Gasteiger charge is -2.22. The number of rotatable bonds is 4. The van der Waals surface area contributed by atoms with Gasteiger partial charge in [-0.2, -0.15) is 0 Å². The third-order valence-electron chi connectivity index (χ3n) is 2.79. The molecule has 1 aliphatic rings. The number of carbonyl (C=O) groups is 2. The summed E-state index contributed by atoms with van der Waals surface area (Å²) in [4.78, 5) is 23.1. The Morgan fingerprint density at radius 3 is 2.78 bits per heavy atom. The minimum absolute atomic E-state index is 0.0236. The van der Waals surface area contributed by atoms with Gasteiger partial charge in [0, 0.05) is 13.0 Å². The van der Waals surface area contributed by atoms with Gasteiger partial charge in [-0.3, -0.25) is 4.79 Å². The summed E-state index contributed by atoms with van der Waals surface area (Å²) in [5.74, 6) is -1.53. The first-order valence-corrected chi connectivity index (χ1v) is 6.57. The second-order valence-corrected chi connectivity index (χ2v) is 4.78. The maximum absolute atomic E-state index is 11.9. The molecule has 1 aromatic rings. The highest BCUT2D eigenvalue weighted by Crippen LogP contribution is 2.22. The number of amides is 1. The van der Waals surface area contributed by atoms with Crippen LogP contribution >= 0.6 is 11.8 Å². The molecule has 2 N–H and O–H groups in total. The van der Waals surface area contributed by atoms with Crippen LogP contribution in [0.5, 0.6) is 0 Å².